The van der Waals surface area contributed by atoms with Gasteiger partial charge in [0.05, 0.1) is 6.61 Å². The maximum Gasteiger partial charge on any atom is 0.133 e. The molecule has 2 rings (SSSR count). The van der Waals surface area contributed by atoms with Crippen LogP contribution in [0.25, 0.3) is 0 Å². The number of halogens is 2. The van der Waals surface area contributed by atoms with Crippen LogP contribution < -0.4 is 10.1 Å². The standard InChI is InChI=1S/C24H31BrFNO2/c1-3-4-15-27-16-7-5-6-8-17-29-21-13-14-22(23(26)18-21)24(2,28)19-9-11-20(25)12-10-19/h3,9-14,18,27-28H,1,4-8,15-17H2,2H3. The highest BCUT2D eigenvalue weighted by molar-refractivity contribution is 9.10. The summed E-state index contributed by atoms with van der Waals surface area (Å²) >= 11 is 3.37. The number of nitrogens with one attached hydrogen (secondary N) is 1. The Labute approximate surface area is 182 Å². The SMILES string of the molecule is C=CCCNCCCCCCOc1ccc(C(C)(O)c2ccc(Br)cc2)c(F)c1. The average molecular weight is 464 g/mol. The molecule has 0 spiro atoms. The van der Waals surface area contributed by atoms with Gasteiger partial charge in [-0.3, -0.25) is 0 Å². The normalized spacial score (nSPS) is 13.1. The van der Waals surface area contributed by atoms with E-state index in [9.17, 15) is 9.50 Å². The zero-order chi connectivity index (χ0) is 21.1. The highest BCUT2D eigenvalue weighted by Crippen LogP contribution is 2.33. The maximum atomic E-state index is 14.7. The Morgan fingerprint density at radius 3 is 2.52 bits per heavy atom. The van der Waals surface area contributed by atoms with E-state index in [2.05, 4.69) is 27.8 Å². The second-order valence-corrected chi connectivity index (χ2v) is 8.23. The van der Waals surface area contributed by atoms with Crippen LogP contribution in [0.4, 0.5) is 4.39 Å². The molecule has 0 fully saturated rings. The minimum atomic E-state index is -1.41. The molecule has 2 N–H and O–H groups in total. The van der Waals surface area contributed by atoms with E-state index >= 15 is 0 Å². The van der Waals surface area contributed by atoms with E-state index in [0.717, 1.165) is 49.7 Å². The van der Waals surface area contributed by atoms with Gasteiger partial charge < -0.3 is 15.2 Å². The molecule has 158 valence electrons. The van der Waals surface area contributed by atoms with Crippen LogP contribution in [0, 0.1) is 5.82 Å². The zero-order valence-corrected chi connectivity index (χ0v) is 18.7. The lowest BCUT2D eigenvalue weighted by Gasteiger charge is -2.25. The summed E-state index contributed by atoms with van der Waals surface area (Å²) in [5, 5.41) is 14.3. The third kappa shape index (κ3) is 7.57. The van der Waals surface area contributed by atoms with Crippen molar-refractivity contribution in [3.63, 3.8) is 0 Å². The summed E-state index contributed by atoms with van der Waals surface area (Å²) < 4.78 is 21.2. The van der Waals surface area contributed by atoms with Crippen LogP contribution in [0.15, 0.2) is 59.6 Å². The molecular formula is C24H31BrFNO2. The van der Waals surface area contributed by atoms with Crippen molar-refractivity contribution in [1.82, 2.24) is 5.32 Å². The number of unbranched alkanes of at least 4 members (excludes halogenated alkanes) is 3. The second-order valence-electron chi connectivity index (χ2n) is 7.31. The fraction of sp³-hybridized carbons (Fsp3) is 0.417. The molecule has 0 aliphatic heterocycles. The topological polar surface area (TPSA) is 41.5 Å². The number of hydrogen-bond donors (Lipinski definition) is 2. The fourth-order valence-corrected chi connectivity index (χ4v) is 3.40. The fourth-order valence-electron chi connectivity index (χ4n) is 3.14. The van der Waals surface area contributed by atoms with Gasteiger partial charge in [0, 0.05) is 16.1 Å². The number of ether oxygens (including phenoxy) is 1. The summed E-state index contributed by atoms with van der Waals surface area (Å²) in [6, 6.07) is 11.9. The van der Waals surface area contributed by atoms with Crippen LogP contribution in [0.2, 0.25) is 0 Å². The Kier molecular flexibility index (Phi) is 9.85. The van der Waals surface area contributed by atoms with Crippen molar-refractivity contribution in [1.29, 1.82) is 0 Å². The van der Waals surface area contributed by atoms with E-state index in [1.807, 2.05) is 18.2 Å². The molecule has 0 aliphatic carbocycles. The quantitative estimate of drug-likeness (QED) is 0.284. The average Bonchev–Trinajstić information content (AvgIpc) is 2.69. The van der Waals surface area contributed by atoms with Gasteiger partial charge in [-0.1, -0.05) is 47.0 Å². The minimum Gasteiger partial charge on any atom is -0.493 e. The lowest BCUT2D eigenvalue weighted by molar-refractivity contribution is 0.0978. The van der Waals surface area contributed by atoms with Gasteiger partial charge in [0.1, 0.15) is 17.2 Å². The molecule has 5 heteroatoms. The zero-order valence-electron chi connectivity index (χ0n) is 17.1. The number of hydrogen-bond acceptors (Lipinski definition) is 3. The molecule has 2 aromatic carbocycles. The van der Waals surface area contributed by atoms with Crippen LogP contribution in [-0.4, -0.2) is 24.8 Å². The number of aliphatic hydroxyl groups is 1. The van der Waals surface area contributed by atoms with Crippen molar-refractivity contribution in [2.45, 2.75) is 44.6 Å². The van der Waals surface area contributed by atoms with Crippen molar-refractivity contribution >= 4 is 15.9 Å². The first-order valence-electron chi connectivity index (χ1n) is 10.2. The van der Waals surface area contributed by atoms with Crippen molar-refractivity contribution in [3.8, 4) is 5.75 Å². The van der Waals surface area contributed by atoms with Crippen molar-refractivity contribution in [2.24, 2.45) is 0 Å². The predicted octanol–water partition coefficient (Wildman–Crippen LogP) is 5.95. The summed E-state index contributed by atoms with van der Waals surface area (Å²) in [5.74, 6) is 0.0185. The monoisotopic (exact) mass is 463 g/mol. The molecule has 0 aliphatic rings. The van der Waals surface area contributed by atoms with E-state index in [0.29, 0.717) is 17.9 Å². The first kappa shape index (κ1) is 23.6. The lowest BCUT2D eigenvalue weighted by Crippen LogP contribution is -2.24. The number of benzene rings is 2. The van der Waals surface area contributed by atoms with Gasteiger partial charge in [-0.2, -0.15) is 0 Å². The van der Waals surface area contributed by atoms with Gasteiger partial charge in [-0.05, 0) is 69.1 Å². The van der Waals surface area contributed by atoms with E-state index in [1.165, 1.54) is 6.07 Å². The van der Waals surface area contributed by atoms with E-state index in [-0.39, 0.29) is 5.56 Å². The Hall–Kier alpha value is -1.69. The molecule has 0 radical (unpaired) electrons. The molecule has 1 unspecified atom stereocenters. The van der Waals surface area contributed by atoms with Crippen LogP contribution in [-0.2, 0) is 5.60 Å². The van der Waals surface area contributed by atoms with Crippen molar-refractivity contribution in [3.05, 3.63) is 76.5 Å². The first-order valence-corrected chi connectivity index (χ1v) is 11.0. The van der Waals surface area contributed by atoms with Crippen LogP contribution in [0.5, 0.6) is 5.75 Å². The Balaban J connectivity index is 1.78. The summed E-state index contributed by atoms with van der Waals surface area (Å²) in [4.78, 5) is 0. The van der Waals surface area contributed by atoms with Gasteiger partial charge in [-0.25, -0.2) is 4.39 Å². The molecule has 0 amide bonds. The van der Waals surface area contributed by atoms with Gasteiger partial charge in [0.2, 0.25) is 0 Å². The predicted molar refractivity (Wildman–Crippen MR) is 121 cm³/mol. The molecule has 3 nitrogen and oxygen atoms in total. The Bertz CT molecular complexity index is 762. The summed E-state index contributed by atoms with van der Waals surface area (Å²) in [7, 11) is 0. The minimum absolute atomic E-state index is 0.233. The van der Waals surface area contributed by atoms with Gasteiger partial charge in [0.25, 0.3) is 0 Å². The van der Waals surface area contributed by atoms with Crippen molar-refractivity contribution < 1.29 is 14.2 Å². The molecule has 0 saturated carbocycles. The smallest absolute Gasteiger partial charge is 0.133 e. The van der Waals surface area contributed by atoms with E-state index in [1.54, 1.807) is 31.2 Å². The van der Waals surface area contributed by atoms with Gasteiger partial charge in [-0.15, -0.1) is 6.58 Å². The second kappa shape index (κ2) is 12.1. The third-order valence-corrected chi connectivity index (χ3v) is 5.44. The number of rotatable bonds is 13. The summed E-state index contributed by atoms with van der Waals surface area (Å²) in [5.41, 5.74) is -0.549. The van der Waals surface area contributed by atoms with E-state index < -0.39 is 11.4 Å². The molecule has 1 atom stereocenters. The van der Waals surface area contributed by atoms with Gasteiger partial charge >= 0.3 is 0 Å². The largest absolute Gasteiger partial charge is 0.493 e. The molecular weight excluding hydrogens is 433 g/mol. The van der Waals surface area contributed by atoms with E-state index in [4.69, 9.17) is 4.74 Å². The Morgan fingerprint density at radius 1 is 1.10 bits per heavy atom. The molecule has 0 aromatic heterocycles. The molecule has 29 heavy (non-hydrogen) atoms. The Morgan fingerprint density at radius 2 is 1.83 bits per heavy atom. The third-order valence-electron chi connectivity index (χ3n) is 4.91. The van der Waals surface area contributed by atoms with Crippen LogP contribution in [0.1, 0.15) is 50.2 Å². The molecule has 0 saturated heterocycles. The molecule has 0 bridgehead atoms. The maximum absolute atomic E-state index is 14.7. The molecule has 2 aromatic rings. The molecule has 0 heterocycles. The van der Waals surface area contributed by atoms with Crippen molar-refractivity contribution in [2.75, 3.05) is 19.7 Å². The van der Waals surface area contributed by atoms with Crippen LogP contribution in [0.3, 0.4) is 0 Å². The van der Waals surface area contributed by atoms with Gasteiger partial charge in [0.15, 0.2) is 0 Å². The summed E-state index contributed by atoms with van der Waals surface area (Å²) in [6.45, 7) is 7.88. The van der Waals surface area contributed by atoms with Crippen LogP contribution >= 0.6 is 15.9 Å². The summed E-state index contributed by atoms with van der Waals surface area (Å²) in [6.07, 6.45) is 7.23. The highest BCUT2D eigenvalue weighted by Gasteiger charge is 2.29. The highest BCUT2D eigenvalue weighted by atomic mass is 79.9. The first-order chi connectivity index (χ1) is 13.9. The lowest BCUT2D eigenvalue weighted by atomic mass is 9.88.